The summed E-state index contributed by atoms with van der Waals surface area (Å²) in [6, 6.07) is 25.9. The van der Waals surface area contributed by atoms with E-state index in [0.717, 1.165) is 30.6 Å². The summed E-state index contributed by atoms with van der Waals surface area (Å²) in [4.78, 5) is 0. The number of ether oxygens (including phenoxy) is 1. The highest BCUT2D eigenvalue weighted by Crippen LogP contribution is 2.33. The first kappa shape index (κ1) is 22.6. The van der Waals surface area contributed by atoms with Crippen LogP contribution in [0.15, 0.2) is 72.8 Å². The molecule has 6 rings (SSSR count). The maximum atomic E-state index is 5.49. The number of hydrogen-bond acceptors (Lipinski definition) is 1. The molecule has 1 heteroatoms. The summed E-state index contributed by atoms with van der Waals surface area (Å²) >= 11 is 0. The molecule has 3 atom stereocenters. The van der Waals surface area contributed by atoms with Crippen LogP contribution in [0.2, 0.25) is 0 Å². The second kappa shape index (κ2) is 10.9. The minimum atomic E-state index is 0.667. The van der Waals surface area contributed by atoms with E-state index in [1.165, 1.54) is 37.7 Å². The average Bonchev–Trinajstić information content (AvgIpc) is 3.22. The van der Waals surface area contributed by atoms with E-state index in [1.807, 2.05) is 12.1 Å². The van der Waals surface area contributed by atoms with Crippen molar-refractivity contribution < 1.29 is 4.74 Å². The fraction of sp³-hybridized carbons (Fsp3) is 0.419. The summed E-state index contributed by atoms with van der Waals surface area (Å²) in [6.07, 6.45) is 7.82. The third-order valence-electron chi connectivity index (χ3n) is 7.36. The summed E-state index contributed by atoms with van der Waals surface area (Å²) in [7, 11) is 0. The molecule has 0 bridgehead atoms. The van der Waals surface area contributed by atoms with E-state index in [0.29, 0.717) is 5.92 Å². The minimum absolute atomic E-state index is 0.667. The highest BCUT2D eigenvalue weighted by molar-refractivity contribution is 5.37. The van der Waals surface area contributed by atoms with Crippen LogP contribution in [0.4, 0.5) is 0 Å². The van der Waals surface area contributed by atoms with Crippen LogP contribution in [0.5, 0.6) is 5.75 Å². The van der Waals surface area contributed by atoms with Gasteiger partial charge in [-0.2, -0.15) is 0 Å². The van der Waals surface area contributed by atoms with Crippen LogP contribution in [-0.4, -0.2) is 6.61 Å². The Morgan fingerprint density at radius 2 is 1.09 bits per heavy atom. The largest absolute Gasteiger partial charge is 0.493 e. The summed E-state index contributed by atoms with van der Waals surface area (Å²) in [5.74, 6) is 3.34. The van der Waals surface area contributed by atoms with Crippen LogP contribution in [-0.2, 0) is 12.8 Å². The van der Waals surface area contributed by atoms with Gasteiger partial charge in [-0.1, -0.05) is 87.5 Å². The Kier molecular flexibility index (Phi) is 7.68. The molecule has 0 fully saturated rings. The van der Waals surface area contributed by atoms with Gasteiger partial charge < -0.3 is 4.74 Å². The first-order chi connectivity index (χ1) is 15.6. The van der Waals surface area contributed by atoms with Gasteiger partial charge in [0.2, 0.25) is 0 Å². The monoisotopic (exact) mass is 426 g/mol. The fourth-order valence-electron chi connectivity index (χ4n) is 5.29. The number of benzene rings is 3. The van der Waals surface area contributed by atoms with E-state index >= 15 is 0 Å². The molecule has 0 spiro atoms. The van der Waals surface area contributed by atoms with Crippen molar-refractivity contribution in [2.45, 2.75) is 77.0 Å². The van der Waals surface area contributed by atoms with Crippen LogP contribution < -0.4 is 4.74 Å². The number of fused-ring (bicyclic) bond motifs is 3. The quantitative estimate of drug-likeness (QED) is 0.350. The van der Waals surface area contributed by atoms with Gasteiger partial charge in [0.25, 0.3) is 0 Å². The first-order valence-corrected chi connectivity index (χ1v) is 12.5. The van der Waals surface area contributed by atoms with Gasteiger partial charge in [-0.15, -0.1) is 0 Å². The predicted octanol–water partition coefficient (Wildman–Crippen LogP) is 8.44. The molecule has 0 saturated carbocycles. The molecule has 3 aromatic carbocycles. The molecular formula is C31H38O. The van der Waals surface area contributed by atoms with E-state index in [-0.39, 0.29) is 0 Å². The Morgan fingerprint density at radius 3 is 1.72 bits per heavy atom. The molecule has 3 aromatic rings. The summed E-state index contributed by atoms with van der Waals surface area (Å²) in [5, 5.41) is 0. The Morgan fingerprint density at radius 1 is 0.562 bits per heavy atom. The Hall–Kier alpha value is -2.54. The van der Waals surface area contributed by atoms with Crippen molar-refractivity contribution in [3.05, 3.63) is 101 Å². The van der Waals surface area contributed by atoms with Crippen molar-refractivity contribution >= 4 is 0 Å². The highest BCUT2D eigenvalue weighted by atomic mass is 16.5. The summed E-state index contributed by atoms with van der Waals surface area (Å²) < 4.78 is 5.49. The molecule has 32 heavy (non-hydrogen) atoms. The van der Waals surface area contributed by atoms with Crippen LogP contribution in [0, 0.1) is 0 Å². The Balaban J connectivity index is 0.000000115. The third-order valence-corrected chi connectivity index (χ3v) is 7.36. The lowest BCUT2D eigenvalue weighted by molar-refractivity contribution is 0.272. The number of para-hydroxylation sites is 1. The van der Waals surface area contributed by atoms with E-state index in [2.05, 4.69) is 81.4 Å². The highest BCUT2D eigenvalue weighted by Gasteiger charge is 2.17. The molecule has 1 heterocycles. The lowest BCUT2D eigenvalue weighted by Gasteiger charge is -2.22. The van der Waals surface area contributed by atoms with E-state index in [9.17, 15) is 0 Å². The lowest BCUT2D eigenvalue weighted by Crippen LogP contribution is -2.11. The molecule has 168 valence electrons. The predicted molar refractivity (Wildman–Crippen MR) is 136 cm³/mol. The zero-order chi connectivity index (χ0) is 22.3. The molecule has 1 nitrogen and oxygen atoms in total. The lowest BCUT2D eigenvalue weighted by atomic mass is 9.84. The van der Waals surface area contributed by atoms with Gasteiger partial charge in [0.1, 0.15) is 5.75 Å². The van der Waals surface area contributed by atoms with Crippen LogP contribution >= 0.6 is 0 Å². The van der Waals surface area contributed by atoms with Crippen molar-refractivity contribution in [2.24, 2.45) is 0 Å². The number of hydrogen-bond donors (Lipinski definition) is 0. The van der Waals surface area contributed by atoms with Gasteiger partial charge in [-0.05, 0) is 90.2 Å². The van der Waals surface area contributed by atoms with Crippen LogP contribution in [0.1, 0.15) is 92.0 Å². The maximum absolute atomic E-state index is 5.49. The molecule has 1 aliphatic heterocycles. The molecule has 2 aliphatic carbocycles. The molecule has 0 amide bonds. The van der Waals surface area contributed by atoms with E-state index < -0.39 is 0 Å². The zero-order valence-electron chi connectivity index (χ0n) is 20.0. The second-order valence-electron chi connectivity index (χ2n) is 9.71. The molecule has 0 N–H and O–H groups in total. The molecule has 0 radical (unpaired) electrons. The van der Waals surface area contributed by atoms with E-state index in [1.54, 1.807) is 22.3 Å². The van der Waals surface area contributed by atoms with Gasteiger partial charge in [-0.25, -0.2) is 0 Å². The first-order valence-electron chi connectivity index (χ1n) is 12.5. The van der Waals surface area contributed by atoms with Gasteiger partial charge in [0.05, 0.1) is 6.61 Å². The third kappa shape index (κ3) is 5.44. The molecule has 0 unspecified atom stereocenters. The molecule has 0 aromatic heterocycles. The van der Waals surface area contributed by atoms with Crippen molar-refractivity contribution in [1.29, 1.82) is 0 Å². The number of rotatable bonds is 0. The zero-order valence-corrected chi connectivity index (χ0v) is 20.0. The van der Waals surface area contributed by atoms with Crippen molar-refractivity contribution in [1.82, 2.24) is 0 Å². The topological polar surface area (TPSA) is 9.23 Å². The normalized spacial score (nSPS) is 22.5. The Labute approximate surface area is 194 Å². The van der Waals surface area contributed by atoms with Crippen molar-refractivity contribution in [2.75, 3.05) is 6.61 Å². The molecular weight excluding hydrogens is 388 g/mol. The van der Waals surface area contributed by atoms with Gasteiger partial charge in [-0.3, -0.25) is 0 Å². The fourth-order valence-corrected chi connectivity index (χ4v) is 5.29. The molecule has 3 aliphatic rings. The van der Waals surface area contributed by atoms with Crippen LogP contribution in [0.3, 0.4) is 0 Å². The van der Waals surface area contributed by atoms with Gasteiger partial charge in [0, 0.05) is 0 Å². The number of aryl methyl sites for hydroxylation is 2. The summed E-state index contributed by atoms with van der Waals surface area (Å²) in [6.45, 7) is 7.77. The van der Waals surface area contributed by atoms with E-state index in [4.69, 9.17) is 4.74 Å². The molecule has 0 saturated heterocycles. The van der Waals surface area contributed by atoms with Crippen molar-refractivity contribution in [3.63, 3.8) is 0 Å². The van der Waals surface area contributed by atoms with Crippen molar-refractivity contribution in [3.8, 4) is 5.75 Å². The maximum Gasteiger partial charge on any atom is 0.122 e. The average molecular weight is 427 g/mol. The van der Waals surface area contributed by atoms with Crippen LogP contribution in [0.25, 0.3) is 0 Å². The van der Waals surface area contributed by atoms with Gasteiger partial charge >= 0.3 is 0 Å². The minimum Gasteiger partial charge on any atom is -0.493 e. The Bertz CT molecular complexity index is 949. The second-order valence-corrected chi connectivity index (χ2v) is 9.71. The smallest absolute Gasteiger partial charge is 0.122 e. The SMILES string of the molecule is C[C@H]1CCCc2ccccc21.C[C@H]1CCOc2ccccc21.C[C@H]1CCc2ccccc21. The summed E-state index contributed by atoms with van der Waals surface area (Å²) in [5.41, 5.74) is 7.65. The standard InChI is InChI=1S/C11H14.C10H12O.C10H12/c1-9-5-4-7-10-6-2-3-8-11(9)10;1-8-6-7-11-10-5-3-2-4-9(8)10;1-8-6-7-9-4-2-3-5-10(8)9/h2-3,6,8-9H,4-5,7H2,1H3;2-5,8H,6-7H2,1H3;2-5,8H,6-7H2,1H3/t9-;2*8-/m000/s1. The van der Waals surface area contributed by atoms with Gasteiger partial charge in [0.15, 0.2) is 0 Å².